The van der Waals surface area contributed by atoms with Crippen LogP contribution in [0.1, 0.15) is 5.56 Å². The second-order valence-electron chi connectivity index (χ2n) is 4.68. The van der Waals surface area contributed by atoms with Crippen molar-refractivity contribution in [3.8, 4) is 0 Å². The molecule has 0 atom stereocenters. The maximum absolute atomic E-state index is 12.9. The quantitative estimate of drug-likeness (QED) is 0.508. The number of hydrazine groups is 1. The van der Waals surface area contributed by atoms with E-state index in [-0.39, 0.29) is 17.5 Å². The Kier molecular flexibility index (Phi) is 3.67. The van der Waals surface area contributed by atoms with Crippen LogP contribution in [-0.2, 0) is 4.79 Å². The monoisotopic (exact) mass is 296 g/mol. The molecule has 6 heteroatoms. The first-order valence-corrected chi connectivity index (χ1v) is 6.61. The van der Waals surface area contributed by atoms with Gasteiger partial charge in [-0.3, -0.25) is 4.79 Å². The van der Waals surface area contributed by atoms with E-state index in [1.165, 1.54) is 12.1 Å². The van der Waals surface area contributed by atoms with Gasteiger partial charge < -0.3 is 5.32 Å². The number of hydrogen-bond donors (Lipinski definition) is 2. The minimum absolute atomic E-state index is 0.188. The Morgan fingerprint density at radius 3 is 2.45 bits per heavy atom. The number of amides is 1. The average molecular weight is 296 g/mol. The van der Waals surface area contributed by atoms with Gasteiger partial charge in [0, 0.05) is 5.69 Å². The SMILES string of the molecule is NN1C(=O)/C(=C/c2ccc(F)cc2)N=C1Nc1ccccc1. The van der Waals surface area contributed by atoms with Gasteiger partial charge in [0.05, 0.1) is 0 Å². The molecule has 0 saturated heterocycles. The molecule has 0 saturated carbocycles. The molecule has 1 heterocycles. The first-order valence-electron chi connectivity index (χ1n) is 6.61. The summed E-state index contributed by atoms with van der Waals surface area (Å²) >= 11 is 0. The van der Waals surface area contributed by atoms with Gasteiger partial charge in [0.25, 0.3) is 5.91 Å². The van der Waals surface area contributed by atoms with Crippen LogP contribution >= 0.6 is 0 Å². The van der Waals surface area contributed by atoms with Crippen molar-refractivity contribution in [1.82, 2.24) is 5.01 Å². The van der Waals surface area contributed by atoms with Crippen molar-refractivity contribution in [3.05, 3.63) is 71.7 Å². The smallest absolute Gasteiger partial charge is 0.293 e. The first-order chi connectivity index (χ1) is 10.6. The highest BCUT2D eigenvalue weighted by Gasteiger charge is 2.27. The van der Waals surface area contributed by atoms with Crippen molar-refractivity contribution in [2.24, 2.45) is 10.8 Å². The average Bonchev–Trinajstić information content (AvgIpc) is 2.79. The fraction of sp³-hybridized carbons (Fsp3) is 0. The van der Waals surface area contributed by atoms with Gasteiger partial charge in [-0.25, -0.2) is 20.2 Å². The van der Waals surface area contributed by atoms with E-state index < -0.39 is 5.91 Å². The van der Waals surface area contributed by atoms with Crippen LogP contribution in [0.25, 0.3) is 6.08 Å². The van der Waals surface area contributed by atoms with Gasteiger partial charge in [-0.15, -0.1) is 0 Å². The van der Waals surface area contributed by atoms with E-state index in [2.05, 4.69) is 10.3 Å². The maximum Gasteiger partial charge on any atom is 0.293 e. The van der Waals surface area contributed by atoms with Gasteiger partial charge in [0.2, 0.25) is 5.96 Å². The van der Waals surface area contributed by atoms with E-state index in [9.17, 15) is 9.18 Å². The molecule has 2 aromatic rings. The van der Waals surface area contributed by atoms with Gasteiger partial charge in [-0.2, -0.15) is 0 Å². The van der Waals surface area contributed by atoms with Gasteiger partial charge in [0.15, 0.2) is 0 Å². The van der Waals surface area contributed by atoms with Gasteiger partial charge >= 0.3 is 0 Å². The van der Waals surface area contributed by atoms with Crippen molar-refractivity contribution >= 4 is 23.6 Å². The van der Waals surface area contributed by atoms with E-state index in [4.69, 9.17) is 5.84 Å². The molecule has 0 aliphatic carbocycles. The Balaban J connectivity index is 1.86. The fourth-order valence-corrected chi connectivity index (χ4v) is 1.99. The highest BCUT2D eigenvalue weighted by Crippen LogP contribution is 2.17. The van der Waals surface area contributed by atoms with E-state index in [1.807, 2.05) is 30.3 Å². The van der Waals surface area contributed by atoms with Gasteiger partial charge in [0.1, 0.15) is 11.5 Å². The summed E-state index contributed by atoms with van der Waals surface area (Å²) in [5.74, 6) is 5.20. The summed E-state index contributed by atoms with van der Waals surface area (Å²) in [6.07, 6.45) is 1.56. The number of anilines is 1. The number of hydrogen-bond acceptors (Lipinski definition) is 4. The molecule has 0 bridgehead atoms. The Bertz CT molecular complexity index is 753. The van der Waals surface area contributed by atoms with Crippen LogP contribution < -0.4 is 11.2 Å². The van der Waals surface area contributed by atoms with Crippen molar-refractivity contribution < 1.29 is 9.18 Å². The number of para-hydroxylation sites is 1. The third kappa shape index (κ3) is 2.87. The Morgan fingerprint density at radius 1 is 1.09 bits per heavy atom. The third-order valence-corrected chi connectivity index (χ3v) is 3.10. The number of benzene rings is 2. The van der Waals surface area contributed by atoms with Crippen LogP contribution in [0.15, 0.2) is 65.3 Å². The molecule has 3 rings (SSSR count). The summed E-state index contributed by atoms with van der Waals surface area (Å²) in [5.41, 5.74) is 1.63. The number of nitrogens with zero attached hydrogens (tertiary/aromatic N) is 2. The number of nitrogens with two attached hydrogens (primary N) is 1. The van der Waals surface area contributed by atoms with Crippen molar-refractivity contribution in [1.29, 1.82) is 0 Å². The molecule has 1 amide bonds. The minimum Gasteiger partial charge on any atom is -0.324 e. The number of nitrogens with one attached hydrogen (secondary N) is 1. The molecular weight excluding hydrogens is 283 g/mol. The highest BCUT2D eigenvalue weighted by atomic mass is 19.1. The number of guanidine groups is 1. The topological polar surface area (TPSA) is 70.7 Å². The predicted octanol–water partition coefficient (Wildman–Crippen LogP) is 2.35. The van der Waals surface area contributed by atoms with Crippen LogP contribution in [0, 0.1) is 5.82 Å². The molecule has 0 fully saturated rings. The van der Waals surface area contributed by atoms with Crippen molar-refractivity contribution in [2.75, 3.05) is 5.32 Å². The Morgan fingerprint density at radius 2 is 1.77 bits per heavy atom. The van der Waals surface area contributed by atoms with Crippen LogP contribution in [0.4, 0.5) is 10.1 Å². The molecular formula is C16H13FN4O. The fourth-order valence-electron chi connectivity index (χ4n) is 1.99. The van der Waals surface area contributed by atoms with E-state index in [1.54, 1.807) is 18.2 Å². The summed E-state index contributed by atoms with van der Waals surface area (Å²) < 4.78 is 12.9. The molecule has 1 aliphatic rings. The number of aliphatic imine (C=N–C) groups is 1. The zero-order valence-electron chi connectivity index (χ0n) is 11.5. The molecule has 1 aliphatic heterocycles. The number of rotatable bonds is 2. The van der Waals surface area contributed by atoms with E-state index >= 15 is 0 Å². The van der Waals surface area contributed by atoms with Crippen LogP contribution in [0.2, 0.25) is 0 Å². The maximum atomic E-state index is 12.9. The standard InChI is InChI=1S/C16H13FN4O/c17-12-8-6-11(7-9-12)10-14-15(22)21(18)16(20-14)19-13-4-2-1-3-5-13/h1-10H,18H2,(H,19,20)/b14-10-. The zero-order chi connectivity index (χ0) is 15.5. The predicted molar refractivity (Wildman–Crippen MR) is 82.9 cm³/mol. The first kappa shape index (κ1) is 14.0. The van der Waals surface area contributed by atoms with Crippen molar-refractivity contribution in [2.45, 2.75) is 0 Å². The lowest BCUT2D eigenvalue weighted by Crippen LogP contribution is -2.42. The third-order valence-electron chi connectivity index (χ3n) is 3.10. The van der Waals surface area contributed by atoms with E-state index in [0.29, 0.717) is 5.56 Å². The molecule has 2 aromatic carbocycles. The molecule has 110 valence electrons. The zero-order valence-corrected chi connectivity index (χ0v) is 11.5. The minimum atomic E-state index is -0.428. The highest BCUT2D eigenvalue weighted by molar-refractivity contribution is 6.16. The van der Waals surface area contributed by atoms with Gasteiger partial charge in [-0.1, -0.05) is 30.3 Å². The number of carbonyl (C=O) groups excluding carboxylic acids is 1. The second kappa shape index (κ2) is 5.79. The molecule has 5 nitrogen and oxygen atoms in total. The summed E-state index contributed by atoms with van der Waals surface area (Å²) in [5, 5.41) is 3.92. The lowest BCUT2D eigenvalue weighted by molar-refractivity contribution is -0.122. The van der Waals surface area contributed by atoms with Gasteiger partial charge in [-0.05, 0) is 35.9 Å². The summed E-state index contributed by atoms with van der Waals surface area (Å²) in [6, 6.07) is 15.0. The lowest BCUT2D eigenvalue weighted by Gasteiger charge is -2.12. The Hall–Kier alpha value is -2.99. The summed E-state index contributed by atoms with van der Waals surface area (Å²) in [4.78, 5) is 16.3. The molecule has 3 N–H and O–H groups in total. The van der Waals surface area contributed by atoms with Crippen molar-refractivity contribution in [3.63, 3.8) is 0 Å². The molecule has 0 spiro atoms. The Labute approximate surface area is 126 Å². The molecule has 0 radical (unpaired) electrons. The number of carbonyl (C=O) groups is 1. The van der Waals surface area contributed by atoms with E-state index in [0.717, 1.165) is 10.7 Å². The summed E-state index contributed by atoms with van der Waals surface area (Å²) in [7, 11) is 0. The van der Waals surface area contributed by atoms with Crippen LogP contribution in [0.5, 0.6) is 0 Å². The van der Waals surface area contributed by atoms with Crippen LogP contribution in [-0.4, -0.2) is 16.9 Å². The number of halogens is 1. The summed E-state index contributed by atoms with van der Waals surface area (Å²) in [6.45, 7) is 0. The molecule has 0 unspecified atom stereocenters. The molecule has 22 heavy (non-hydrogen) atoms. The lowest BCUT2D eigenvalue weighted by atomic mass is 10.2. The second-order valence-corrected chi connectivity index (χ2v) is 4.68. The normalized spacial score (nSPS) is 16.1. The molecule has 0 aromatic heterocycles. The largest absolute Gasteiger partial charge is 0.324 e. The van der Waals surface area contributed by atoms with Crippen LogP contribution in [0.3, 0.4) is 0 Å².